The lowest BCUT2D eigenvalue weighted by molar-refractivity contribution is 0.410. The Morgan fingerprint density at radius 1 is 1.47 bits per heavy atom. The number of methoxy groups -OCH3 is 1. The number of ether oxygens (including phenoxy) is 1. The summed E-state index contributed by atoms with van der Waals surface area (Å²) in [4.78, 5) is 3.97. The molecule has 0 aliphatic heterocycles. The minimum absolute atomic E-state index is 0.521. The molecule has 0 saturated heterocycles. The van der Waals surface area contributed by atoms with Crippen LogP contribution in [0.4, 0.5) is 0 Å². The van der Waals surface area contributed by atoms with Crippen molar-refractivity contribution >= 4 is 9.84 Å². The molecule has 17 heavy (non-hydrogen) atoms. The van der Waals surface area contributed by atoms with Crippen molar-refractivity contribution in [2.45, 2.75) is 18.2 Å². The molecule has 1 heterocycles. The van der Waals surface area contributed by atoms with Crippen molar-refractivity contribution in [2.24, 2.45) is 5.84 Å². The third-order valence-electron chi connectivity index (χ3n) is 2.65. The van der Waals surface area contributed by atoms with E-state index in [1.165, 1.54) is 13.4 Å². The second kappa shape index (κ2) is 5.44. The van der Waals surface area contributed by atoms with Crippen LogP contribution in [0.5, 0.6) is 5.75 Å². The normalized spacial score (nSPS) is 15.3. The molecule has 0 aromatic carbocycles. The Kier molecular flexibility index (Phi) is 4.44. The Labute approximate surface area is 101 Å². The first-order valence-corrected chi connectivity index (χ1v) is 6.99. The molecular formula is C10H17N3O3S. The minimum atomic E-state index is -3.19. The molecule has 0 bridgehead atoms. The second-order valence-corrected chi connectivity index (χ2v) is 6.24. The van der Waals surface area contributed by atoms with E-state index in [4.69, 9.17) is 10.6 Å². The van der Waals surface area contributed by atoms with Gasteiger partial charge in [0.1, 0.15) is 5.75 Å². The summed E-state index contributed by atoms with van der Waals surface area (Å²) in [7, 11) is -1.67. The average Bonchev–Trinajstić information content (AvgIpc) is 2.29. The maximum absolute atomic E-state index is 11.5. The molecule has 6 nitrogen and oxygen atoms in total. The third-order valence-corrected chi connectivity index (χ3v) is 4.28. The number of sulfone groups is 1. The molecule has 1 aromatic heterocycles. The lowest BCUT2D eigenvalue weighted by Gasteiger charge is -2.22. The summed E-state index contributed by atoms with van der Waals surface area (Å²) in [6.45, 7) is 1.60. The summed E-state index contributed by atoms with van der Waals surface area (Å²) in [6.07, 6.45) is 4.28. The Balaban J connectivity index is 3.09. The van der Waals surface area contributed by atoms with Crippen molar-refractivity contribution in [1.29, 1.82) is 0 Å². The highest BCUT2D eigenvalue weighted by Crippen LogP contribution is 2.23. The van der Waals surface area contributed by atoms with Gasteiger partial charge in [-0.3, -0.25) is 16.3 Å². The summed E-state index contributed by atoms with van der Waals surface area (Å²) in [5, 5.41) is -0.651. The van der Waals surface area contributed by atoms with Crippen LogP contribution in [-0.2, 0) is 9.84 Å². The number of nitrogens with two attached hydrogens (primary N) is 1. The van der Waals surface area contributed by atoms with Crippen LogP contribution >= 0.6 is 0 Å². The number of pyridine rings is 1. The van der Waals surface area contributed by atoms with Crippen molar-refractivity contribution in [1.82, 2.24) is 10.4 Å². The summed E-state index contributed by atoms with van der Waals surface area (Å²) in [5.74, 6) is 5.97. The fraction of sp³-hybridized carbons (Fsp3) is 0.500. The second-order valence-electron chi connectivity index (χ2n) is 3.84. The summed E-state index contributed by atoms with van der Waals surface area (Å²) < 4.78 is 28.1. The monoisotopic (exact) mass is 259 g/mol. The molecule has 0 spiro atoms. The predicted octanol–water partition coefficient (Wildman–Crippen LogP) is 0.0277. The molecule has 0 radical (unpaired) electrons. The van der Waals surface area contributed by atoms with E-state index in [2.05, 4.69) is 10.4 Å². The van der Waals surface area contributed by atoms with E-state index in [-0.39, 0.29) is 0 Å². The van der Waals surface area contributed by atoms with Crippen molar-refractivity contribution in [3.63, 3.8) is 0 Å². The van der Waals surface area contributed by atoms with Gasteiger partial charge in [0.15, 0.2) is 9.84 Å². The molecule has 2 atom stereocenters. The largest absolute Gasteiger partial charge is 0.495 e. The lowest BCUT2D eigenvalue weighted by Crippen LogP contribution is -2.38. The van der Waals surface area contributed by atoms with Gasteiger partial charge in [-0.1, -0.05) is 0 Å². The summed E-state index contributed by atoms with van der Waals surface area (Å²) >= 11 is 0. The maximum Gasteiger partial charge on any atom is 0.151 e. The number of rotatable bonds is 5. The van der Waals surface area contributed by atoms with Crippen molar-refractivity contribution < 1.29 is 13.2 Å². The molecule has 0 saturated carbocycles. The molecule has 3 N–H and O–H groups in total. The number of nitrogens with one attached hydrogen (secondary N) is 1. The molecule has 0 amide bonds. The molecule has 2 unspecified atom stereocenters. The van der Waals surface area contributed by atoms with Crippen LogP contribution in [0.2, 0.25) is 0 Å². The number of hydrogen-bond acceptors (Lipinski definition) is 6. The van der Waals surface area contributed by atoms with E-state index in [9.17, 15) is 8.42 Å². The van der Waals surface area contributed by atoms with Crippen LogP contribution < -0.4 is 16.0 Å². The zero-order valence-electron chi connectivity index (χ0n) is 10.0. The van der Waals surface area contributed by atoms with Gasteiger partial charge < -0.3 is 4.74 Å². The highest BCUT2D eigenvalue weighted by molar-refractivity contribution is 7.91. The van der Waals surface area contributed by atoms with Gasteiger partial charge in [-0.25, -0.2) is 8.42 Å². The van der Waals surface area contributed by atoms with E-state index in [1.54, 1.807) is 25.4 Å². The molecule has 0 fully saturated rings. The maximum atomic E-state index is 11.5. The van der Waals surface area contributed by atoms with Gasteiger partial charge in [0.2, 0.25) is 0 Å². The Morgan fingerprint density at radius 3 is 2.59 bits per heavy atom. The summed E-state index contributed by atoms with van der Waals surface area (Å²) in [5.41, 5.74) is 3.17. The van der Waals surface area contributed by atoms with E-state index in [1.807, 2.05) is 0 Å². The molecular weight excluding hydrogens is 242 g/mol. The van der Waals surface area contributed by atoms with Crippen LogP contribution in [0.15, 0.2) is 18.5 Å². The predicted molar refractivity (Wildman–Crippen MR) is 65.2 cm³/mol. The first kappa shape index (κ1) is 13.9. The number of hydrogen-bond donors (Lipinski definition) is 2. The number of hydrazine groups is 1. The van der Waals surface area contributed by atoms with E-state index < -0.39 is 21.1 Å². The van der Waals surface area contributed by atoms with Crippen molar-refractivity contribution in [3.8, 4) is 5.75 Å². The van der Waals surface area contributed by atoms with Crippen LogP contribution in [-0.4, -0.2) is 32.0 Å². The summed E-state index contributed by atoms with van der Waals surface area (Å²) in [6, 6.07) is 1.19. The van der Waals surface area contributed by atoms with Gasteiger partial charge in [-0.15, -0.1) is 0 Å². The smallest absolute Gasteiger partial charge is 0.151 e. The van der Waals surface area contributed by atoms with Crippen LogP contribution in [0.25, 0.3) is 0 Å². The lowest BCUT2D eigenvalue weighted by atomic mass is 10.1. The van der Waals surface area contributed by atoms with Crippen LogP contribution in [0.1, 0.15) is 18.5 Å². The Bertz CT molecular complexity index is 475. The molecule has 1 aromatic rings. The Morgan fingerprint density at radius 2 is 2.12 bits per heavy atom. The van der Waals surface area contributed by atoms with Gasteiger partial charge >= 0.3 is 0 Å². The topological polar surface area (TPSA) is 94.3 Å². The average molecular weight is 259 g/mol. The molecule has 7 heteroatoms. The quantitative estimate of drug-likeness (QED) is 0.572. The Hall–Kier alpha value is -1.18. The van der Waals surface area contributed by atoms with Gasteiger partial charge in [0.05, 0.1) is 24.6 Å². The molecule has 96 valence electrons. The van der Waals surface area contributed by atoms with E-state index >= 15 is 0 Å². The molecule has 0 aliphatic rings. The van der Waals surface area contributed by atoms with Gasteiger partial charge in [-0.2, -0.15) is 0 Å². The molecule has 0 aliphatic carbocycles. The van der Waals surface area contributed by atoms with Crippen molar-refractivity contribution in [3.05, 3.63) is 24.0 Å². The fourth-order valence-corrected chi connectivity index (χ4v) is 2.20. The van der Waals surface area contributed by atoms with Gasteiger partial charge in [-0.05, 0) is 18.6 Å². The first-order valence-electron chi connectivity index (χ1n) is 5.04. The van der Waals surface area contributed by atoms with Crippen LogP contribution in [0.3, 0.4) is 0 Å². The standard InChI is InChI=1S/C10H17N3O3S/c1-7(17(3,14)15)10(13-11)8-4-9(16-2)6-12-5-8/h4-7,10,13H,11H2,1-3H3. The SMILES string of the molecule is COc1cncc(C(NN)C(C)S(C)(=O)=O)c1. The molecule has 1 rings (SSSR count). The highest BCUT2D eigenvalue weighted by Gasteiger charge is 2.26. The zero-order chi connectivity index (χ0) is 13.1. The minimum Gasteiger partial charge on any atom is -0.495 e. The highest BCUT2D eigenvalue weighted by atomic mass is 32.2. The van der Waals surface area contributed by atoms with Gasteiger partial charge in [0.25, 0.3) is 0 Å². The fourth-order valence-electron chi connectivity index (χ4n) is 1.47. The zero-order valence-corrected chi connectivity index (χ0v) is 10.9. The number of aromatic nitrogens is 1. The van der Waals surface area contributed by atoms with E-state index in [0.29, 0.717) is 11.3 Å². The van der Waals surface area contributed by atoms with Crippen molar-refractivity contribution in [2.75, 3.05) is 13.4 Å². The first-order chi connectivity index (χ1) is 7.90. The van der Waals surface area contributed by atoms with E-state index in [0.717, 1.165) is 0 Å². The van der Waals surface area contributed by atoms with Gasteiger partial charge in [0, 0.05) is 12.5 Å². The van der Waals surface area contributed by atoms with Crippen LogP contribution in [0, 0.1) is 0 Å². The number of nitrogens with zero attached hydrogens (tertiary/aromatic N) is 1. The third kappa shape index (κ3) is 3.39.